The molecular weight excluding hydrogens is 332 g/mol. The summed E-state index contributed by atoms with van der Waals surface area (Å²) in [7, 11) is 0. The topological polar surface area (TPSA) is 105 Å². The lowest BCUT2D eigenvalue weighted by atomic mass is 9.82. The number of amides is 3. The van der Waals surface area contributed by atoms with Gasteiger partial charge in [0.15, 0.2) is 0 Å². The zero-order chi connectivity index (χ0) is 18.4. The third kappa shape index (κ3) is 4.95. The summed E-state index contributed by atoms with van der Waals surface area (Å²) in [4.78, 5) is 24.4. The number of nitrogens with two attached hydrogens (primary N) is 1. The second-order valence-corrected chi connectivity index (χ2v) is 7.22. The van der Waals surface area contributed by atoms with Gasteiger partial charge in [-0.3, -0.25) is 4.79 Å². The first kappa shape index (κ1) is 18.7. The molecule has 7 heteroatoms. The molecule has 2 aliphatic rings. The number of urea groups is 1. The van der Waals surface area contributed by atoms with E-state index in [2.05, 4.69) is 16.0 Å². The van der Waals surface area contributed by atoms with Crippen molar-refractivity contribution >= 4 is 23.3 Å². The molecule has 0 aromatic heterocycles. The lowest BCUT2D eigenvalue weighted by Gasteiger charge is -2.31. The summed E-state index contributed by atoms with van der Waals surface area (Å²) in [6.45, 7) is 1.28. The highest BCUT2D eigenvalue weighted by Gasteiger charge is 2.35. The van der Waals surface area contributed by atoms with E-state index < -0.39 is 5.54 Å². The Morgan fingerprint density at radius 1 is 1.04 bits per heavy atom. The van der Waals surface area contributed by atoms with Gasteiger partial charge in [-0.25, -0.2) is 4.79 Å². The maximum atomic E-state index is 12.4. The number of nitrogens with one attached hydrogen (secondary N) is 3. The Morgan fingerprint density at radius 3 is 2.31 bits per heavy atom. The maximum absolute atomic E-state index is 12.4. The number of benzene rings is 1. The number of carbonyl (C=O) groups is 2. The van der Waals surface area contributed by atoms with Crippen LogP contribution in [0.15, 0.2) is 24.3 Å². The maximum Gasteiger partial charge on any atom is 0.319 e. The highest BCUT2D eigenvalue weighted by atomic mass is 16.5. The van der Waals surface area contributed by atoms with Gasteiger partial charge in [-0.15, -0.1) is 0 Å². The van der Waals surface area contributed by atoms with Crippen molar-refractivity contribution < 1.29 is 14.3 Å². The first-order valence-electron chi connectivity index (χ1n) is 9.42. The van der Waals surface area contributed by atoms with Crippen LogP contribution in [-0.4, -0.2) is 36.7 Å². The van der Waals surface area contributed by atoms with Crippen LogP contribution in [0.3, 0.4) is 0 Å². The van der Waals surface area contributed by atoms with Crippen LogP contribution in [0.1, 0.15) is 44.9 Å². The molecule has 1 aromatic rings. The zero-order valence-electron chi connectivity index (χ0n) is 15.1. The van der Waals surface area contributed by atoms with Gasteiger partial charge < -0.3 is 26.4 Å². The van der Waals surface area contributed by atoms with E-state index in [1.165, 1.54) is 0 Å². The number of carbonyl (C=O) groups excluding carboxylic acids is 2. The first-order chi connectivity index (χ1) is 12.5. The van der Waals surface area contributed by atoms with Crippen molar-refractivity contribution in [1.82, 2.24) is 5.32 Å². The van der Waals surface area contributed by atoms with Crippen molar-refractivity contribution in [1.29, 1.82) is 0 Å². The van der Waals surface area contributed by atoms with Gasteiger partial charge in [0.1, 0.15) is 0 Å². The monoisotopic (exact) mass is 360 g/mol. The lowest BCUT2D eigenvalue weighted by molar-refractivity contribution is -0.122. The largest absolute Gasteiger partial charge is 0.376 e. The predicted molar refractivity (Wildman–Crippen MR) is 101 cm³/mol. The number of hydrogen-bond donors (Lipinski definition) is 4. The minimum absolute atomic E-state index is 0.113. The molecule has 1 saturated heterocycles. The normalized spacial score (nSPS) is 21.8. The highest BCUT2D eigenvalue weighted by molar-refractivity contribution is 5.98. The third-order valence-corrected chi connectivity index (χ3v) is 5.11. The van der Waals surface area contributed by atoms with E-state index in [1.54, 1.807) is 24.3 Å². The summed E-state index contributed by atoms with van der Waals surface area (Å²) in [6.07, 6.45) is 6.72. The molecule has 0 radical (unpaired) electrons. The molecule has 1 aliphatic heterocycles. The molecule has 26 heavy (non-hydrogen) atoms. The van der Waals surface area contributed by atoms with Crippen molar-refractivity contribution in [2.45, 2.75) is 56.6 Å². The van der Waals surface area contributed by atoms with Crippen molar-refractivity contribution in [3.63, 3.8) is 0 Å². The van der Waals surface area contributed by atoms with Gasteiger partial charge in [0.2, 0.25) is 5.91 Å². The zero-order valence-corrected chi connectivity index (χ0v) is 15.1. The second-order valence-electron chi connectivity index (χ2n) is 7.22. The molecule has 1 unspecified atom stereocenters. The van der Waals surface area contributed by atoms with Crippen LogP contribution < -0.4 is 21.7 Å². The SMILES string of the molecule is NC1(C(=O)Nc2ccc(NC(=O)NCC3CCCO3)cc2)CCCCC1. The Hall–Kier alpha value is -2.12. The average molecular weight is 360 g/mol. The Labute approximate surface area is 154 Å². The smallest absolute Gasteiger partial charge is 0.319 e. The molecule has 1 saturated carbocycles. The molecule has 3 amide bonds. The van der Waals surface area contributed by atoms with Crippen LogP contribution in [0.25, 0.3) is 0 Å². The second kappa shape index (κ2) is 8.51. The van der Waals surface area contributed by atoms with Gasteiger partial charge in [-0.1, -0.05) is 19.3 Å². The highest BCUT2D eigenvalue weighted by Crippen LogP contribution is 2.27. The Bertz CT molecular complexity index is 620. The summed E-state index contributed by atoms with van der Waals surface area (Å²) in [5.41, 5.74) is 6.81. The minimum Gasteiger partial charge on any atom is -0.376 e. The molecule has 1 atom stereocenters. The molecule has 1 heterocycles. The molecule has 5 N–H and O–H groups in total. The fraction of sp³-hybridized carbons (Fsp3) is 0.579. The average Bonchev–Trinajstić information content (AvgIpc) is 3.16. The Balaban J connectivity index is 1.46. The van der Waals surface area contributed by atoms with Crippen LogP contribution in [0.2, 0.25) is 0 Å². The fourth-order valence-corrected chi connectivity index (χ4v) is 3.49. The van der Waals surface area contributed by atoms with Gasteiger partial charge in [0, 0.05) is 24.5 Å². The summed E-state index contributed by atoms with van der Waals surface area (Å²) in [6, 6.07) is 6.77. The van der Waals surface area contributed by atoms with Crippen LogP contribution in [0.5, 0.6) is 0 Å². The number of anilines is 2. The molecule has 2 fully saturated rings. The standard InChI is InChI=1S/C19H28N4O3/c20-19(10-2-1-3-11-19)17(24)22-14-6-8-15(9-7-14)23-18(25)21-13-16-5-4-12-26-16/h6-9,16H,1-5,10-13,20H2,(H,22,24)(H2,21,23,25). The van der Waals surface area contributed by atoms with Crippen LogP contribution >= 0.6 is 0 Å². The Kier molecular flexibility index (Phi) is 6.11. The van der Waals surface area contributed by atoms with E-state index in [0.29, 0.717) is 17.9 Å². The van der Waals surface area contributed by atoms with Gasteiger partial charge in [0.05, 0.1) is 11.6 Å². The number of rotatable bonds is 5. The third-order valence-electron chi connectivity index (χ3n) is 5.11. The molecule has 1 aromatic carbocycles. The molecule has 0 spiro atoms. The summed E-state index contributed by atoms with van der Waals surface area (Å²) in [5.74, 6) is -0.132. The number of hydrogen-bond acceptors (Lipinski definition) is 4. The Morgan fingerprint density at radius 2 is 1.69 bits per heavy atom. The van der Waals surface area contributed by atoms with Crippen LogP contribution in [0.4, 0.5) is 16.2 Å². The van der Waals surface area contributed by atoms with E-state index in [1.807, 2.05) is 0 Å². The molecular formula is C19H28N4O3. The summed E-state index contributed by atoms with van der Waals surface area (Å²) < 4.78 is 5.47. The van der Waals surface area contributed by atoms with E-state index in [-0.39, 0.29) is 18.0 Å². The minimum atomic E-state index is -0.767. The fourth-order valence-electron chi connectivity index (χ4n) is 3.49. The molecule has 7 nitrogen and oxygen atoms in total. The molecule has 142 valence electrons. The van der Waals surface area contributed by atoms with Crippen molar-refractivity contribution in [3.8, 4) is 0 Å². The van der Waals surface area contributed by atoms with Crippen LogP contribution in [0, 0.1) is 0 Å². The van der Waals surface area contributed by atoms with Gasteiger partial charge in [0.25, 0.3) is 0 Å². The first-order valence-corrected chi connectivity index (χ1v) is 9.42. The number of ether oxygens (including phenoxy) is 1. The van der Waals surface area contributed by atoms with Crippen molar-refractivity contribution in [3.05, 3.63) is 24.3 Å². The van der Waals surface area contributed by atoms with Gasteiger partial charge in [-0.05, 0) is 49.9 Å². The van der Waals surface area contributed by atoms with E-state index in [4.69, 9.17) is 10.5 Å². The molecule has 0 bridgehead atoms. The van der Waals surface area contributed by atoms with E-state index in [0.717, 1.165) is 51.6 Å². The summed E-state index contributed by atoms with van der Waals surface area (Å²) >= 11 is 0. The quantitative estimate of drug-likeness (QED) is 0.647. The molecule has 3 rings (SSSR count). The van der Waals surface area contributed by atoms with E-state index in [9.17, 15) is 9.59 Å². The lowest BCUT2D eigenvalue weighted by Crippen LogP contribution is -2.52. The van der Waals surface area contributed by atoms with Crippen LogP contribution in [-0.2, 0) is 9.53 Å². The van der Waals surface area contributed by atoms with Crippen molar-refractivity contribution in [2.75, 3.05) is 23.8 Å². The van der Waals surface area contributed by atoms with Gasteiger partial charge >= 0.3 is 6.03 Å². The predicted octanol–water partition coefficient (Wildman–Crippen LogP) is 2.59. The summed E-state index contributed by atoms with van der Waals surface area (Å²) in [5, 5.41) is 8.47. The molecule has 1 aliphatic carbocycles. The van der Waals surface area contributed by atoms with Gasteiger partial charge in [-0.2, -0.15) is 0 Å². The van der Waals surface area contributed by atoms with E-state index >= 15 is 0 Å². The van der Waals surface area contributed by atoms with Crippen molar-refractivity contribution in [2.24, 2.45) is 5.73 Å².